The van der Waals surface area contributed by atoms with E-state index in [-0.39, 0.29) is 11.7 Å². The topological polar surface area (TPSA) is 77.2 Å². The third-order valence-electron chi connectivity index (χ3n) is 5.94. The molecular formula is C27H23N3O3. The minimum absolute atomic E-state index is 0.140. The van der Waals surface area contributed by atoms with Crippen LogP contribution in [0.15, 0.2) is 72.8 Å². The Bertz CT molecular complexity index is 1510. The SMILES string of the molecule is Cc1ccc(OC(C)c2ccccc2)c2c(C(=O)O)cc(-c3nc4ccccc4n3C)nc12. The summed E-state index contributed by atoms with van der Waals surface area (Å²) in [5, 5.41) is 10.6. The molecule has 1 N–H and O–H groups in total. The Morgan fingerprint density at radius 3 is 2.45 bits per heavy atom. The molecule has 0 spiro atoms. The van der Waals surface area contributed by atoms with Crippen molar-refractivity contribution < 1.29 is 14.6 Å². The zero-order valence-electron chi connectivity index (χ0n) is 18.6. The Morgan fingerprint density at radius 1 is 1.00 bits per heavy atom. The summed E-state index contributed by atoms with van der Waals surface area (Å²) in [6, 6.07) is 22.9. The summed E-state index contributed by atoms with van der Waals surface area (Å²) < 4.78 is 8.19. The lowest BCUT2D eigenvalue weighted by molar-refractivity contribution is 0.0698. The van der Waals surface area contributed by atoms with Gasteiger partial charge in [0.1, 0.15) is 17.5 Å². The van der Waals surface area contributed by atoms with Gasteiger partial charge in [-0.15, -0.1) is 0 Å². The number of nitrogens with zero attached hydrogens (tertiary/aromatic N) is 3. The summed E-state index contributed by atoms with van der Waals surface area (Å²) in [5.74, 6) is 0.0719. The Balaban J connectivity index is 1.70. The number of fused-ring (bicyclic) bond motifs is 2. The van der Waals surface area contributed by atoms with Crippen LogP contribution < -0.4 is 4.74 Å². The van der Waals surface area contributed by atoms with Crippen LogP contribution in [-0.2, 0) is 7.05 Å². The molecule has 6 nitrogen and oxygen atoms in total. The molecule has 0 bridgehead atoms. The summed E-state index contributed by atoms with van der Waals surface area (Å²) in [7, 11) is 1.91. The van der Waals surface area contributed by atoms with Crippen LogP contribution in [0, 0.1) is 6.92 Å². The van der Waals surface area contributed by atoms with Gasteiger partial charge in [0.15, 0.2) is 5.82 Å². The fourth-order valence-electron chi connectivity index (χ4n) is 4.18. The monoisotopic (exact) mass is 437 g/mol. The van der Waals surface area contributed by atoms with Crippen molar-refractivity contribution in [2.75, 3.05) is 0 Å². The molecule has 0 aliphatic heterocycles. The van der Waals surface area contributed by atoms with E-state index in [9.17, 15) is 9.90 Å². The second-order valence-electron chi connectivity index (χ2n) is 8.12. The number of imidazole rings is 1. The van der Waals surface area contributed by atoms with E-state index in [4.69, 9.17) is 14.7 Å². The second-order valence-corrected chi connectivity index (χ2v) is 8.12. The van der Waals surface area contributed by atoms with E-state index in [0.29, 0.717) is 28.2 Å². The predicted octanol–water partition coefficient (Wildman–Crippen LogP) is 5.94. The highest BCUT2D eigenvalue weighted by Crippen LogP contribution is 2.36. The molecule has 0 radical (unpaired) electrons. The summed E-state index contributed by atoms with van der Waals surface area (Å²) in [6.45, 7) is 3.87. The van der Waals surface area contributed by atoms with E-state index < -0.39 is 5.97 Å². The fourth-order valence-corrected chi connectivity index (χ4v) is 4.18. The molecule has 33 heavy (non-hydrogen) atoms. The lowest BCUT2D eigenvalue weighted by atomic mass is 10.0. The molecule has 3 aromatic carbocycles. The molecule has 1 unspecified atom stereocenters. The Labute approximate surface area is 191 Å². The van der Waals surface area contributed by atoms with Gasteiger partial charge in [-0.25, -0.2) is 14.8 Å². The van der Waals surface area contributed by atoms with Gasteiger partial charge in [0.25, 0.3) is 0 Å². The van der Waals surface area contributed by atoms with E-state index in [0.717, 1.165) is 22.2 Å². The number of carboxylic acid groups (broad SMARTS) is 1. The maximum Gasteiger partial charge on any atom is 0.336 e. The summed E-state index contributed by atoms with van der Waals surface area (Å²) >= 11 is 0. The standard InChI is InChI=1S/C27H23N3O3/c1-16-13-14-23(33-17(2)18-9-5-4-6-10-18)24-19(27(31)32)15-21(28-25(16)24)26-29-20-11-7-8-12-22(20)30(26)3/h4-15,17H,1-3H3,(H,31,32). The number of aromatic carboxylic acids is 1. The van der Waals surface area contributed by atoms with Crippen molar-refractivity contribution >= 4 is 27.9 Å². The lowest BCUT2D eigenvalue weighted by Gasteiger charge is -2.18. The highest BCUT2D eigenvalue weighted by molar-refractivity contribution is 6.07. The van der Waals surface area contributed by atoms with Crippen LogP contribution in [0.5, 0.6) is 5.75 Å². The van der Waals surface area contributed by atoms with Crippen molar-refractivity contribution in [3.8, 4) is 17.3 Å². The summed E-state index contributed by atoms with van der Waals surface area (Å²) in [4.78, 5) is 21.9. The number of rotatable bonds is 5. The Hall–Kier alpha value is -4.19. The molecule has 0 amide bonds. The van der Waals surface area contributed by atoms with Crippen LogP contribution in [0.25, 0.3) is 33.5 Å². The quantitative estimate of drug-likeness (QED) is 0.368. The molecule has 164 valence electrons. The van der Waals surface area contributed by atoms with Gasteiger partial charge >= 0.3 is 5.97 Å². The Kier molecular flexibility index (Phi) is 5.05. The number of hydrogen-bond donors (Lipinski definition) is 1. The number of pyridine rings is 1. The first-order valence-electron chi connectivity index (χ1n) is 10.7. The molecule has 0 aliphatic carbocycles. The maximum absolute atomic E-state index is 12.4. The number of carboxylic acids is 1. The van der Waals surface area contributed by atoms with Crippen molar-refractivity contribution in [2.45, 2.75) is 20.0 Å². The van der Waals surface area contributed by atoms with Gasteiger partial charge in [-0.2, -0.15) is 0 Å². The predicted molar refractivity (Wildman–Crippen MR) is 129 cm³/mol. The molecule has 5 aromatic rings. The van der Waals surface area contributed by atoms with Gasteiger partial charge in [-0.1, -0.05) is 48.5 Å². The van der Waals surface area contributed by atoms with E-state index in [1.54, 1.807) is 6.07 Å². The van der Waals surface area contributed by atoms with E-state index in [1.807, 2.05) is 92.2 Å². The number of para-hydroxylation sites is 2. The number of aryl methyl sites for hydroxylation is 2. The van der Waals surface area contributed by atoms with E-state index >= 15 is 0 Å². The minimum Gasteiger partial charge on any atom is -0.485 e. The molecule has 0 saturated carbocycles. The van der Waals surface area contributed by atoms with Gasteiger partial charge in [0.05, 0.1) is 27.5 Å². The molecular weight excluding hydrogens is 414 g/mol. The van der Waals surface area contributed by atoms with Crippen LogP contribution in [-0.4, -0.2) is 25.6 Å². The third-order valence-corrected chi connectivity index (χ3v) is 5.94. The zero-order chi connectivity index (χ0) is 23.1. The van der Waals surface area contributed by atoms with Crippen LogP contribution in [0.3, 0.4) is 0 Å². The van der Waals surface area contributed by atoms with Gasteiger partial charge in [0, 0.05) is 7.05 Å². The number of hydrogen-bond acceptors (Lipinski definition) is 4. The summed E-state index contributed by atoms with van der Waals surface area (Å²) in [5.41, 5.74) is 4.90. The molecule has 2 aromatic heterocycles. The van der Waals surface area contributed by atoms with Crippen LogP contribution >= 0.6 is 0 Å². The lowest BCUT2D eigenvalue weighted by Crippen LogP contribution is -2.07. The minimum atomic E-state index is -1.04. The van der Waals surface area contributed by atoms with Crippen LogP contribution in [0.2, 0.25) is 0 Å². The largest absolute Gasteiger partial charge is 0.485 e. The molecule has 6 heteroatoms. The van der Waals surface area contributed by atoms with Crippen molar-refractivity contribution in [3.05, 3.63) is 89.5 Å². The van der Waals surface area contributed by atoms with Crippen molar-refractivity contribution in [1.82, 2.24) is 14.5 Å². The third kappa shape index (κ3) is 3.59. The smallest absolute Gasteiger partial charge is 0.336 e. The van der Waals surface area contributed by atoms with Gasteiger partial charge in [0.2, 0.25) is 0 Å². The van der Waals surface area contributed by atoms with Crippen molar-refractivity contribution in [2.24, 2.45) is 7.05 Å². The number of ether oxygens (including phenoxy) is 1. The first kappa shape index (κ1) is 20.7. The fraction of sp³-hybridized carbons (Fsp3) is 0.148. The molecule has 5 rings (SSSR count). The van der Waals surface area contributed by atoms with Crippen LogP contribution in [0.1, 0.15) is 34.5 Å². The highest BCUT2D eigenvalue weighted by Gasteiger charge is 2.22. The average Bonchev–Trinajstić information content (AvgIpc) is 3.17. The van der Waals surface area contributed by atoms with Crippen LogP contribution in [0.4, 0.5) is 0 Å². The molecule has 0 fully saturated rings. The molecule has 0 aliphatic rings. The Morgan fingerprint density at radius 2 is 1.73 bits per heavy atom. The number of benzene rings is 3. The van der Waals surface area contributed by atoms with E-state index in [1.165, 1.54) is 0 Å². The van der Waals surface area contributed by atoms with E-state index in [2.05, 4.69) is 0 Å². The molecule has 0 saturated heterocycles. The van der Waals surface area contributed by atoms with Gasteiger partial charge in [-0.05, 0) is 49.2 Å². The first-order chi connectivity index (χ1) is 15.9. The van der Waals surface area contributed by atoms with Crippen molar-refractivity contribution in [3.63, 3.8) is 0 Å². The first-order valence-corrected chi connectivity index (χ1v) is 10.7. The average molecular weight is 437 g/mol. The van der Waals surface area contributed by atoms with Crippen molar-refractivity contribution in [1.29, 1.82) is 0 Å². The van der Waals surface area contributed by atoms with Gasteiger partial charge < -0.3 is 14.4 Å². The zero-order valence-corrected chi connectivity index (χ0v) is 18.6. The normalized spacial score (nSPS) is 12.2. The highest BCUT2D eigenvalue weighted by atomic mass is 16.5. The van der Waals surface area contributed by atoms with Gasteiger partial charge in [-0.3, -0.25) is 0 Å². The molecule has 2 heterocycles. The second kappa shape index (κ2) is 8.06. The number of carbonyl (C=O) groups is 1. The molecule has 1 atom stereocenters. The number of aromatic nitrogens is 3. The maximum atomic E-state index is 12.4. The summed E-state index contributed by atoms with van der Waals surface area (Å²) in [6.07, 6.45) is -0.252.